The molecule has 0 fully saturated rings. The zero-order valence-corrected chi connectivity index (χ0v) is 10.4. The number of nitrogens with one attached hydrogen (secondary N) is 1. The third-order valence-corrected chi connectivity index (χ3v) is 2.92. The average Bonchev–Trinajstić information content (AvgIpc) is 2.85. The molecule has 1 aromatic heterocycles. The van der Waals surface area contributed by atoms with Crippen LogP contribution in [0, 0.1) is 0 Å². The van der Waals surface area contributed by atoms with Crippen LogP contribution in [-0.4, -0.2) is 9.78 Å². The molecule has 1 heterocycles. The molecule has 0 aliphatic carbocycles. The summed E-state index contributed by atoms with van der Waals surface area (Å²) in [6, 6.07) is 10.8. The topological polar surface area (TPSA) is 29.9 Å². The van der Waals surface area contributed by atoms with E-state index in [4.69, 9.17) is 0 Å². The first-order valence-corrected chi connectivity index (χ1v) is 6.09. The van der Waals surface area contributed by atoms with Crippen LogP contribution >= 0.6 is 0 Å². The second-order valence-corrected chi connectivity index (χ2v) is 4.22. The van der Waals surface area contributed by atoms with E-state index in [0.717, 1.165) is 13.1 Å². The summed E-state index contributed by atoms with van der Waals surface area (Å²) >= 11 is 0. The van der Waals surface area contributed by atoms with Crippen LogP contribution in [0.1, 0.15) is 31.0 Å². The van der Waals surface area contributed by atoms with Gasteiger partial charge in [-0.2, -0.15) is 5.10 Å². The molecule has 3 nitrogen and oxygen atoms in total. The molecule has 17 heavy (non-hydrogen) atoms. The molecule has 1 N–H and O–H groups in total. The Morgan fingerprint density at radius 2 is 2.06 bits per heavy atom. The molecule has 2 aromatic rings. The van der Waals surface area contributed by atoms with Crippen molar-refractivity contribution in [3.8, 4) is 0 Å². The van der Waals surface area contributed by atoms with Gasteiger partial charge in [-0.15, -0.1) is 0 Å². The number of rotatable bonds is 5. The molecule has 1 unspecified atom stereocenters. The zero-order valence-electron chi connectivity index (χ0n) is 10.4. The third-order valence-electron chi connectivity index (χ3n) is 2.92. The van der Waals surface area contributed by atoms with Gasteiger partial charge in [-0.25, -0.2) is 0 Å². The molecule has 90 valence electrons. The first kappa shape index (κ1) is 11.9. The van der Waals surface area contributed by atoms with Crippen LogP contribution in [-0.2, 0) is 13.1 Å². The Morgan fingerprint density at radius 3 is 2.71 bits per heavy atom. The second kappa shape index (κ2) is 5.64. The van der Waals surface area contributed by atoms with Crippen molar-refractivity contribution in [3.63, 3.8) is 0 Å². The van der Waals surface area contributed by atoms with Gasteiger partial charge in [0.05, 0.1) is 6.20 Å². The predicted octanol–water partition coefficient (Wildman–Crippen LogP) is 2.75. The van der Waals surface area contributed by atoms with Gasteiger partial charge in [0, 0.05) is 30.9 Å². The highest BCUT2D eigenvalue weighted by molar-refractivity contribution is 5.18. The van der Waals surface area contributed by atoms with Crippen molar-refractivity contribution in [1.82, 2.24) is 15.1 Å². The number of aryl methyl sites for hydroxylation is 1. The lowest BCUT2D eigenvalue weighted by atomic mass is 10.1. The molecule has 1 atom stereocenters. The molecule has 0 radical (unpaired) electrons. The van der Waals surface area contributed by atoms with Crippen molar-refractivity contribution < 1.29 is 0 Å². The molecule has 0 aliphatic rings. The van der Waals surface area contributed by atoms with Crippen molar-refractivity contribution in [2.45, 2.75) is 33.0 Å². The monoisotopic (exact) mass is 229 g/mol. The summed E-state index contributed by atoms with van der Waals surface area (Å²) in [5, 5.41) is 7.76. The number of nitrogens with zero attached hydrogens (tertiary/aromatic N) is 2. The maximum absolute atomic E-state index is 4.26. The summed E-state index contributed by atoms with van der Waals surface area (Å²) in [6.07, 6.45) is 4.01. The first-order valence-electron chi connectivity index (χ1n) is 6.09. The van der Waals surface area contributed by atoms with E-state index in [9.17, 15) is 0 Å². The van der Waals surface area contributed by atoms with Crippen LogP contribution in [0.25, 0.3) is 0 Å². The lowest BCUT2D eigenvalue weighted by Gasteiger charge is -2.13. The Bertz CT molecular complexity index is 448. The van der Waals surface area contributed by atoms with E-state index >= 15 is 0 Å². The fraction of sp³-hybridized carbons (Fsp3) is 0.357. The van der Waals surface area contributed by atoms with Gasteiger partial charge in [-0.05, 0) is 19.4 Å². The minimum atomic E-state index is 0.362. The minimum absolute atomic E-state index is 0.362. The molecule has 2 rings (SSSR count). The van der Waals surface area contributed by atoms with Crippen LogP contribution in [0.5, 0.6) is 0 Å². The Hall–Kier alpha value is -1.61. The Kier molecular flexibility index (Phi) is 3.94. The second-order valence-electron chi connectivity index (χ2n) is 4.22. The fourth-order valence-electron chi connectivity index (χ4n) is 1.80. The molecular weight excluding hydrogens is 210 g/mol. The standard InChI is InChI=1S/C14H19N3/c1-3-17-11-13(10-16-17)9-15-12(2)14-7-5-4-6-8-14/h4-8,10-12,15H,3,9H2,1-2H3. The minimum Gasteiger partial charge on any atom is -0.306 e. The van der Waals surface area contributed by atoms with Crippen LogP contribution in [0.4, 0.5) is 0 Å². The zero-order chi connectivity index (χ0) is 12.1. The van der Waals surface area contributed by atoms with Gasteiger partial charge in [-0.1, -0.05) is 30.3 Å². The summed E-state index contributed by atoms with van der Waals surface area (Å²) in [5.74, 6) is 0. The van der Waals surface area contributed by atoms with Gasteiger partial charge in [0.2, 0.25) is 0 Å². The van der Waals surface area contributed by atoms with Gasteiger partial charge in [0.1, 0.15) is 0 Å². The summed E-state index contributed by atoms with van der Waals surface area (Å²) < 4.78 is 1.95. The van der Waals surface area contributed by atoms with Crippen molar-refractivity contribution in [3.05, 3.63) is 53.9 Å². The molecule has 1 aromatic carbocycles. The predicted molar refractivity (Wildman–Crippen MR) is 69.6 cm³/mol. The van der Waals surface area contributed by atoms with E-state index in [1.807, 2.05) is 16.9 Å². The van der Waals surface area contributed by atoms with Crippen molar-refractivity contribution in [2.24, 2.45) is 0 Å². The summed E-state index contributed by atoms with van der Waals surface area (Å²) in [5.41, 5.74) is 2.55. The SMILES string of the molecule is CCn1cc(CNC(C)c2ccccc2)cn1. The Balaban J connectivity index is 1.90. The maximum atomic E-state index is 4.26. The molecule has 0 spiro atoms. The first-order chi connectivity index (χ1) is 8.29. The number of hydrogen-bond donors (Lipinski definition) is 1. The highest BCUT2D eigenvalue weighted by Gasteiger charge is 2.04. The molecule has 3 heteroatoms. The van der Waals surface area contributed by atoms with Gasteiger partial charge in [0.25, 0.3) is 0 Å². The van der Waals surface area contributed by atoms with Crippen LogP contribution < -0.4 is 5.32 Å². The number of hydrogen-bond acceptors (Lipinski definition) is 2. The van der Waals surface area contributed by atoms with Crippen molar-refractivity contribution in [2.75, 3.05) is 0 Å². The van der Waals surface area contributed by atoms with E-state index in [1.165, 1.54) is 11.1 Å². The van der Waals surface area contributed by atoms with Gasteiger partial charge >= 0.3 is 0 Å². The Morgan fingerprint density at radius 1 is 1.29 bits per heavy atom. The van der Waals surface area contributed by atoms with E-state index in [-0.39, 0.29) is 0 Å². The quantitative estimate of drug-likeness (QED) is 0.854. The molecular formula is C14H19N3. The Labute approximate surface area is 102 Å². The lowest BCUT2D eigenvalue weighted by Crippen LogP contribution is -2.17. The molecule has 0 saturated carbocycles. The molecule has 0 bridgehead atoms. The highest BCUT2D eigenvalue weighted by atomic mass is 15.3. The van der Waals surface area contributed by atoms with Gasteiger partial charge < -0.3 is 5.32 Å². The fourth-order valence-corrected chi connectivity index (χ4v) is 1.80. The van der Waals surface area contributed by atoms with Crippen LogP contribution in [0.3, 0.4) is 0 Å². The molecule has 0 saturated heterocycles. The van der Waals surface area contributed by atoms with Crippen LogP contribution in [0.2, 0.25) is 0 Å². The molecule has 0 amide bonds. The van der Waals surface area contributed by atoms with E-state index in [0.29, 0.717) is 6.04 Å². The maximum Gasteiger partial charge on any atom is 0.0534 e. The summed E-state index contributed by atoms with van der Waals surface area (Å²) in [6.45, 7) is 6.06. The highest BCUT2D eigenvalue weighted by Crippen LogP contribution is 2.11. The number of aromatic nitrogens is 2. The smallest absolute Gasteiger partial charge is 0.0534 e. The molecule has 0 aliphatic heterocycles. The largest absolute Gasteiger partial charge is 0.306 e. The van der Waals surface area contributed by atoms with Crippen molar-refractivity contribution >= 4 is 0 Å². The summed E-state index contributed by atoms with van der Waals surface area (Å²) in [7, 11) is 0. The van der Waals surface area contributed by atoms with Crippen LogP contribution in [0.15, 0.2) is 42.7 Å². The summed E-state index contributed by atoms with van der Waals surface area (Å²) in [4.78, 5) is 0. The van der Waals surface area contributed by atoms with Gasteiger partial charge in [0.15, 0.2) is 0 Å². The number of benzene rings is 1. The van der Waals surface area contributed by atoms with Gasteiger partial charge in [-0.3, -0.25) is 4.68 Å². The van der Waals surface area contributed by atoms with E-state index in [1.54, 1.807) is 0 Å². The lowest BCUT2D eigenvalue weighted by molar-refractivity contribution is 0.574. The average molecular weight is 229 g/mol. The normalized spacial score (nSPS) is 12.6. The van der Waals surface area contributed by atoms with E-state index in [2.05, 4.69) is 54.7 Å². The third kappa shape index (κ3) is 3.17. The van der Waals surface area contributed by atoms with E-state index < -0.39 is 0 Å². The van der Waals surface area contributed by atoms with Crippen molar-refractivity contribution in [1.29, 1.82) is 0 Å².